The lowest BCUT2D eigenvalue weighted by Gasteiger charge is -2.05. The molecule has 0 spiro atoms. The molecule has 0 aliphatic heterocycles. The van der Waals surface area contributed by atoms with Crippen LogP contribution in [0.2, 0.25) is 0 Å². The number of pyridine rings is 1. The van der Waals surface area contributed by atoms with E-state index >= 15 is 0 Å². The fraction of sp³-hybridized carbons (Fsp3) is 0.462. The maximum Gasteiger partial charge on any atom is 0.221 e. The van der Waals surface area contributed by atoms with Crippen LogP contribution >= 0.6 is 12.2 Å². The van der Waals surface area contributed by atoms with Crippen molar-refractivity contribution in [3.8, 4) is 0 Å². The van der Waals surface area contributed by atoms with Gasteiger partial charge in [0.15, 0.2) is 10.4 Å². The number of hydrogen-bond donors (Lipinski definition) is 2. The van der Waals surface area contributed by atoms with E-state index in [9.17, 15) is 4.79 Å². The van der Waals surface area contributed by atoms with Gasteiger partial charge in [-0.3, -0.25) is 4.79 Å². The number of H-pyrrole nitrogens is 1. The van der Waals surface area contributed by atoms with E-state index in [1.165, 1.54) is 0 Å². The summed E-state index contributed by atoms with van der Waals surface area (Å²) < 4.78 is 2.49. The Kier molecular flexibility index (Phi) is 4.31. The largest absolute Gasteiger partial charge is 0.356 e. The van der Waals surface area contributed by atoms with Crippen molar-refractivity contribution in [3.63, 3.8) is 0 Å². The predicted molar refractivity (Wildman–Crippen MR) is 77.6 cm³/mol. The molecule has 0 fully saturated rings. The van der Waals surface area contributed by atoms with E-state index in [1.54, 1.807) is 0 Å². The van der Waals surface area contributed by atoms with Crippen molar-refractivity contribution in [2.75, 3.05) is 6.54 Å². The Morgan fingerprint density at radius 2 is 2.32 bits per heavy atom. The van der Waals surface area contributed by atoms with E-state index in [4.69, 9.17) is 12.2 Å². The number of nitrogens with one attached hydrogen (secondary N) is 2. The number of aryl methyl sites for hydroxylation is 2. The molecule has 2 N–H and O–H groups in total. The molecule has 0 unspecified atom stereocenters. The van der Waals surface area contributed by atoms with Crippen LogP contribution in [0.15, 0.2) is 12.1 Å². The molecule has 0 saturated carbocycles. The molecule has 2 heterocycles. The summed E-state index contributed by atoms with van der Waals surface area (Å²) in [7, 11) is 0. The molecule has 19 heavy (non-hydrogen) atoms. The molecule has 1 amide bonds. The van der Waals surface area contributed by atoms with E-state index < -0.39 is 0 Å². The number of carbonyl (C=O) groups excluding carboxylic acids is 1. The number of rotatable bonds is 5. The molecule has 0 saturated heterocycles. The van der Waals surface area contributed by atoms with E-state index in [-0.39, 0.29) is 5.91 Å². The van der Waals surface area contributed by atoms with Crippen molar-refractivity contribution in [1.82, 2.24) is 19.9 Å². The molecular formula is C13H18N4OS. The highest BCUT2D eigenvalue weighted by molar-refractivity contribution is 7.71. The summed E-state index contributed by atoms with van der Waals surface area (Å²) in [6.45, 7) is 5.23. The van der Waals surface area contributed by atoms with Gasteiger partial charge in [0.25, 0.3) is 0 Å². The summed E-state index contributed by atoms with van der Waals surface area (Å²) in [5.74, 6) is 0.0470. The zero-order chi connectivity index (χ0) is 13.8. The maximum atomic E-state index is 11.6. The van der Waals surface area contributed by atoms with E-state index in [0.717, 1.165) is 29.8 Å². The number of hydrogen-bond acceptors (Lipinski definition) is 3. The third-order valence-electron chi connectivity index (χ3n) is 2.89. The van der Waals surface area contributed by atoms with Crippen LogP contribution in [0.3, 0.4) is 0 Å². The maximum absolute atomic E-state index is 11.6. The monoisotopic (exact) mass is 278 g/mol. The smallest absolute Gasteiger partial charge is 0.221 e. The molecule has 2 rings (SSSR count). The summed E-state index contributed by atoms with van der Waals surface area (Å²) >= 11 is 5.27. The van der Waals surface area contributed by atoms with Crippen LogP contribution in [0, 0.1) is 11.7 Å². The second-order valence-corrected chi connectivity index (χ2v) is 4.89. The van der Waals surface area contributed by atoms with Crippen LogP contribution in [0.5, 0.6) is 0 Å². The molecular weight excluding hydrogens is 260 g/mol. The van der Waals surface area contributed by atoms with E-state index in [2.05, 4.69) is 15.3 Å². The molecule has 0 aliphatic rings. The summed E-state index contributed by atoms with van der Waals surface area (Å²) in [4.78, 5) is 19.2. The number of aromatic nitrogens is 3. The zero-order valence-electron chi connectivity index (χ0n) is 11.2. The Morgan fingerprint density at radius 3 is 3.05 bits per heavy atom. The van der Waals surface area contributed by atoms with Crippen molar-refractivity contribution in [2.24, 2.45) is 0 Å². The molecule has 6 heteroatoms. The minimum absolute atomic E-state index is 0.0470. The normalized spacial score (nSPS) is 10.8. The molecule has 102 valence electrons. The third-order valence-corrected chi connectivity index (χ3v) is 3.21. The number of carbonyl (C=O) groups is 1. The average Bonchev–Trinajstić information content (AvgIpc) is 2.69. The second kappa shape index (κ2) is 5.97. The van der Waals surface area contributed by atoms with Gasteiger partial charge in [-0.2, -0.15) is 0 Å². The first kappa shape index (κ1) is 13.7. The molecule has 5 nitrogen and oxygen atoms in total. The highest BCUT2D eigenvalue weighted by Gasteiger charge is 2.08. The predicted octanol–water partition coefficient (Wildman–Crippen LogP) is 2.32. The van der Waals surface area contributed by atoms with Crippen LogP contribution in [0.4, 0.5) is 0 Å². The van der Waals surface area contributed by atoms with Crippen molar-refractivity contribution in [1.29, 1.82) is 0 Å². The van der Waals surface area contributed by atoms with Gasteiger partial charge in [-0.15, -0.1) is 0 Å². The number of imidazole rings is 1. The SMILES string of the molecule is CCCNC(=O)CCn1c(=S)[nH]c2ccc(C)nc21. The van der Waals surface area contributed by atoms with Crippen LogP contribution in [-0.4, -0.2) is 27.0 Å². The van der Waals surface area contributed by atoms with Gasteiger partial charge in [-0.25, -0.2) is 4.98 Å². The Balaban J connectivity index is 2.16. The lowest BCUT2D eigenvalue weighted by Crippen LogP contribution is -2.25. The van der Waals surface area contributed by atoms with Crippen LogP contribution in [0.25, 0.3) is 11.2 Å². The number of aromatic amines is 1. The molecule has 0 radical (unpaired) electrons. The fourth-order valence-corrected chi connectivity index (χ4v) is 2.19. The number of nitrogens with zero attached hydrogens (tertiary/aromatic N) is 2. The first-order chi connectivity index (χ1) is 9.11. The van der Waals surface area contributed by atoms with Gasteiger partial charge in [0.05, 0.1) is 5.52 Å². The van der Waals surface area contributed by atoms with Gasteiger partial charge in [0, 0.05) is 25.2 Å². The van der Waals surface area contributed by atoms with Gasteiger partial charge >= 0.3 is 0 Å². The Bertz CT molecular complexity index is 644. The molecule has 2 aromatic heterocycles. The molecule has 2 aromatic rings. The van der Waals surface area contributed by atoms with Crippen LogP contribution in [-0.2, 0) is 11.3 Å². The van der Waals surface area contributed by atoms with E-state index in [0.29, 0.717) is 17.7 Å². The first-order valence-corrected chi connectivity index (χ1v) is 6.85. The quantitative estimate of drug-likeness (QED) is 0.825. The van der Waals surface area contributed by atoms with Crippen LogP contribution < -0.4 is 5.32 Å². The highest BCUT2D eigenvalue weighted by Crippen LogP contribution is 2.12. The van der Waals surface area contributed by atoms with Crippen molar-refractivity contribution >= 4 is 29.3 Å². The molecule has 0 aliphatic carbocycles. The fourth-order valence-electron chi connectivity index (χ4n) is 1.90. The summed E-state index contributed by atoms with van der Waals surface area (Å²) in [5.41, 5.74) is 2.66. The summed E-state index contributed by atoms with van der Waals surface area (Å²) in [6.07, 6.45) is 1.36. The van der Waals surface area contributed by atoms with Crippen molar-refractivity contribution in [2.45, 2.75) is 33.2 Å². The molecule has 0 bridgehead atoms. The van der Waals surface area contributed by atoms with Gasteiger partial charge in [0.2, 0.25) is 5.91 Å². The van der Waals surface area contributed by atoms with Crippen molar-refractivity contribution in [3.05, 3.63) is 22.6 Å². The summed E-state index contributed by atoms with van der Waals surface area (Å²) in [6, 6.07) is 3.90. The van der Waals surface area contributed by atoms with Gasteiger partial charge < -0.3 is 14.9 Å². The Morgan fingerprint density at radius 1 is 1.53 bits per heavy atom. The lowest BCUT2D eigenvalue weighted by atomic mass is 10.3. The zero-order valence-corrected chi connectivity index (χ0v) is 12.0. The Labute approximate surface area is 117 Å². The third kappa shape index (κ3) is 3.20. The Hall–Kier alpha value is -1.69. The topological polar surface area (TPSA) is 62.7 Å². The molecule has 0 aromatic carbocycles. The minimum Gasteiger partial charge on any atom is -0.356 e. The van der Waals surface area contributed by atoms with E-state index in [1.807, 2.05) is 30.5 Å². The highest BCUT2D eigenvalue weighted by atomic mass is 32.1. The van der Waals surface area contributed by atoms with Crippen LogP contribution in [0.1, 0.15) is 25.5 Å². The van der Waals surface area contributed by atoms with Gasteiger partial charge in [-0.1, -0.05) is 6.92 Å². The minimum atomic E-state index is 0.0470. The number of fused-ring (bicyclic) bond motifs is 1. The lowest BCUT2D eigenvalue weighted by molar-refractivity contribution is -0.121. The standard InChI is InChI=1S/C13H18N4OS/c1-3-7-14-11(18)6-8-17-12-10(16-13(17)19)5-4-9(2)15-12/h4-5H,3,6-8H2,1-2H3,(H,14,18)(H,16,19). The molecule has 0 atom stereocenters. The number of amides is 1. The van der Waals surface area contributed by atoms with Gasteiger partial charge in [0.1, 0.15) is 0 Å². The average molecular weight is 278 g/mol. The van der Waals surface area contributed by atoms with Gasteiger partial charge in [-0.05, 0) is 37.7 Å². The second-order valence-electron chi connectivity index (χ2n) is 4.51. The van der Waals surface area contributed by atoms with Crippen molar-refractivity contribution < 1.29 is 4.79 Å². The summed E-state index contributed by atoms with van der Waals surface area (Å²) in [5, 5.41) is 2.86. The first-order valence-electron chi connectivity index (χ1n) is 6.44.